The monoisotopic (exact) mass is 358 g/mol. The van der Waals surface area contributed by atoms with E-state index < -0.39 is 6.10 Å². The first-order valence-electron chi connectivity index (χ1n) is 9.33. The number of carbonyl (C=O) groups is 1. The van der Waals surface area contributed by atoms with E-state index in [1.807, 2.05) is 31.2 Å². The van der Waals surface area contributed by atoms with Crippen LogP contribution in [-0.4, -0.2) is 72.4 Å². The Morgan fingerprint density at radius 1 is 1.23 bits per heavy atom. The molecule has 0 spiro atoms. The largest absolute Gasteiger partial charge is 0.451 e. The van der Waals surface area contributed by atoms with Crippen molar-refractivity contribution >= 4 is 16.9 Å². The summed E-state index contributed by atoms with van der Waals surface area (Å²) >= 11 is 0. The van der Waals surface area contributed by atoms with E-state index in [1.54, 1.807) is 11.9 Å². The smallest absolute Gasteiger partial charge is 0.289 e. The van der Waals surface area contributed by atoms with Crippen LogP contribution in [-0.2, 0) is 4.74 Å². The summed E-state index contributed by atoms with van der Waals surface area (Å²) < 4.78 is 11.2. The van der Waals surface area contributed by atoms with Gasteiger partial charge >= 0.3 is 0 Å². The molecule has 26 heavy (non-hydrogen) atoms. The van der Waals surface area contributed by atoms with E-state index >= 15 is 0 Å². The number of aliphatic hydroxyl groups excluding tert-OH is 1. The van der Waals surface area contributed by atoms with Gasteiger partial charge < -0.3 is 19.2 Å². The fourth-order valence-electron chi connectivity index (χ4n) is 4.36. The van der Waals surface area contributed by atoms with Crippen LogP contribution in [0.15, 0.2) is 28.7 Å². The number of para-hydroxylation sites is 1. The highest BCUT2D eigenvalue weighted by Crippen LogP contribution is 2.31. The summed E-state index contributed by atoms with van der Waals surface area (Å²) in [6.07, 6.45) is 1.14. The molecule has 2 heterocycles. The molecule has 2 aromatic rings. The lowest BCUT2D eigenvalue weighted by Crippen LogP contribution is -2.51. The normalized spacial score (nSPS) is 27.1. The van der Waals surface area contributed by atoms with Gasteiger partial charge in [-0.1, -0.05) is 18.2 Å². The molecule has 0 unspecified atom stereocenters. The van der Waals surface area contributed by atoms with Crippen molar-refractivity contribution < 1.29 is 19.1 Å². The fourth-order valence-corrected chi connectivity index (χ4v) is 4.36. The van der Waals surface area contributed by atoms with Crippen LogP contribution in [0.5, 0.6) is 0 Å². The van der Waals surface area contributed by atoms with Gasteiger partial charge in [-0.2, -0.15) is 0 Å². The minimum Gasteiger partial charge on any atom is -0.451 e. The van der Waals surface area contributed by atoms with Crippen molar-refractivity contribution in [1.82, 2.24) is 9.80 Å². The summed E-state index contributed by atoms with van der Waals surface area (Å²) in [5, 5.41) is 11.8. The highest BCUT2D eigenvalue weighted by molar-refractivity contribution is 5.99. The molecule has 2 aliphatic rings. The Bertz CT molecular complexity index is 796. The van der Waals surface area contributed by atoms with E-state index in [4.69, 9.17) is 9.15 Å². The number of likely N-dealkylation sites (N-methyl/N-ethyl adjacent to an activating group) is 1. The molecule has 6 nitrogen and oxygen atoms in total. The molecule has 4 rings (SSSR count). The maximum Gasteiger partial charge on any atom is 0.289 e. The molecule has 1 saturated carbocycles. The van der Waals surface area contributed by atoms with Crippen molar-refractivity contribution in [3.63, 3.8) is 0 Å². The zero-order valence-electron chi connectivity index (χ0n) is 15.4. The molecule has 0 bridgehead atoms. The summed E-state index contributed by atoms with van der Waals surface area (Å²) in [6, 6.07) is 7.58. The van der Waals surface area contributed by atoms with E-state index in [-0.39, 0.29) is 18.0 Å². The molecular formula is C20H26N2O4. The predicted octanol–water partition coefficient (Wildman–Crippen LogP) is 2.04. The fraction of sp³-hybridized carbons (Fsp3) is 0.550. The van der Waals surface area contributed by atoms with Gasteiger partial charge in [0.05, 0.1) is 25.4 Å². The quantitative estimate of drug-likeness (QED) is 0.910. The maximum absolute atomic E-state index is 13.0. The first-order chi connectivity index (χ1) is 12.6. The minimum atomic E-state index is -0.549. The number of aryl methyl sites for hydroxylation is 1. The molecule has 6 heteroatoms. The van der Waals surface area contributed by atoms with Gasteiger partial charge in [-0.15, -0.1) is 0 Å². The second kappa shape index (κ2) is 7.02. The van der Waals surface area contributed by atoms with Crippen LogP contribution < -0.4 is 0 Å². The lowest BCUT2D eigenvalue weighted by atomic mass is 10.1. The van der Waals surface area contributed by atoms with Gasteiger partial charge in [0.1, 0.15) is 5.58 Å². The number of carbonyl (C=O) groups excluding carboxylic acids is 1. The molecule has 1 aliphatic carbocycles. The topological polar surface area (TPSA) is 66.2 Å². The Morgan fingerprint density at radius 3 is 2.69 bits per heavy atom. The first kappa shape index (κ1) is 17.5. The average molecular weight is 358 g/mol. The number of morpholine rings is 1. The lowest BCUT2D eigenvalue weighted by Gasteiger charge is -2.36. The molecule has 1 aromatic heterocycles. The summed E-state index contributed by atoms with van der Waals surface area (Å²) in [5.41, 5.74) is 1.58. The maximum atomic E-state index is 13.0. The van der Waals surface area contributed by atoms with Crippen LogP contribution in [0.1, 0.15) is 29.0 Å². The number of fused-ring (bicyclic) bond motifs is 1. The van der Waals surface area contributed by atoms with E-state index in [1.165, 1.54) is 0 Å². The number of rotatable bonds is 3. The Hall–Kier alpha value is -1.89. The summed E-state index contributed by atoms with van der Waals surface area (Å²) in [5.74, 6) is 0.209. The highest BCUT2D eigenvalue weighted by Gasteiger charge is 2.42. The number of ether oxygens (including phenoxy) is 1. The number of hydrogen-bond acceptors (Lipinski definition) is 5. The number of hydrogen-bond donors (Lipinski definition) is 1. The Labute approximate surface area is 153 Å². The molecule has 1 saturated heterocycles. The Kier molecular flexibility index (Phi) is 4.73. The van der Waals surface area contributed by atoms with Crippen LogP contribution in [0, 0.1) is 6.92 Å². The van der Waals surface area contributed by atoms with Gasteiger partial charge in [-0.25, -0.2) is 0 Å². The van der Waals surface area contributed by atoms with Crippen LogP contribution >= 0.6 is 0 Å². The number of amides is 1. The Morgan fingerprint density at radius 2 is 1.96 bits per heavy atom. The average Bonchev–Trinajstić information content (AvgIpc) is 3.22. The molecule has 3 atom stereocenters. The van der Waals surface area contributed by atoms with Gasteiger partial charge in [0.2, 0.25) is 0 Å². The van der Waals surface area contributed by atoms with Crippen molar-refractivity contribution in [2.45, 2.75) is 38.0 Å². The summed E-state index contributed by atoms with van der Waals surface area (Å²) in [4.78, 5) is 17.0. The van der Waals surface area contributed by atoms with Gasteiger partial charge in [-0.05, 0) is 25.8 Å². The molecule has 1 aromatic carbocycles. The molecular weight excluding hydrogens is 332 g/mol. The molecule has 2 fully saturated rings. The molecule has 0 radical (unpaired) electrons. The molecule has 1 amide bonds. The van der Waals surface area contributed by atoms with Gasteiger partial charge in [0.25, 0.3) is 5.91 Å². The van der Waals surface area contributed by atoms with Crippen LogP contribution in [0.3, 0.4) is 0 Å². The van der Waals surface area contributed by atoms with Crippen LogP contribution in [0.4, 0.5) is 0 Å². The molecule has 1 N–H and O–H groups in total. The molecule has 1 aliphatic heterocycles. The van der Waals surface area contributed by atoms with E-state index in [9.17, 15) is 9.90 Å². The number of aliphatic hydroxyl groups is 1. The number of furan rings is 1. The summed E-state index contributed by atoms with van der Waals surface area (Å²) in [6.45, 7) is 5.01. The standard InChI is InChI=1S/C20H26N2O4/c1-13-14-5-3-4-6-17(14)26-19(13)20(24)21(2)15-7-8-16(18(15)23)22-9-11-25-12-10-22/h3-6,15-16,18,23H,7-12H2,1-2H3/t15-,16-,18-/m1/s1. The van der Waals surface area contributed by atoms with Gasteiger partial charge in [0.15, 0.2) is 5.76 Å². The third kappa shape index (κ3) is 2.92. The van der Waals surface area contributed by atoms with E-state index in [0.717, 1.165) is 42.5 Å². The second-order valence-electron chi connectivity index (χ2n) is 7.32. The minimum absolute atomic E-state index is 0.0934. The third-order valence-electron chi connectivity index (χ3n) is 5.92. The SMILES string of the molecule is Cc1c(C(=O)N(C)[C@@H]2CC[C@@H](N3CCOCC3)[C@@H]2O)oc2ccccc12. The predicted molar refractivity (Wildman–Crippen MR) is 98.3 cm³/mol. The second-order valence-corrected chi connectivity index (χ2v) is 7.32. The highest BCUT2D eigenvalue weighted by atomic mass is 16.5. The van der Waals surface area contributed by atoms with Crippen molar-refractivity contribution in [2.24, 2.45) is 0 Å². The zero-order chi connectivity index (χ0) is 18.3. The number of nitrogens with zero attached hydrogens (tertiary/aromatic N) is 2. The summed E-state index contributed by atoms with van der Waals surface area (Å²) in [7, 11) is 1.77. The van der Waals surface area contributed by atoms with E-state index in [2.05, 4.69) is 4.90 Å². The van der Waals surface area contributed by atoms with Crippen molar-refractivity contribution in [1.29, 1.82) is 0 Å². The van der Waals surface area contributed by atoms with Crippen molar-refractivity contribution in [3.8, 4) is 0 Å². The molecule has 140 valence electrons. The van der Waals surface area contributed by atoms with Crippen molar-refractivity contribution in [3.05, 3.63) is 35.6 Å². The van der Waals surface area contributed by atoms with Crippen molar-refractivity contribution in [2.75, 3.05) is 33.4 Å². The van der Waals surface area contributed by atoms with E-state index in [0.29, 0.717) is 19.0 Å². The van der Waals surface area contributed by atoms with Gasteiger partial charge in [0, 0.05) is 37.1 Å². The lowest BCUT2D eigenvalue weighted by molar-refractivity contribution is -0.0233. The third-order valence-corrected chi connectivity index (χ3v) is 5.92. The van der Waals surface area contributed by atoms with Crippen LogP contribution in [0.25, 0.3) is 11.0 Å². The number of benzene rings is 1. The van der Waals surface area contributed by atoms with Gasteiger partial charge in [-0.3, -0.25) is 9.69 Å². The zero-order valence-corrected chi connectivity index (χ0v) is 15.4. The first-order valence-corrected chi connectivity index (χ1v) is 9.33. The Balaban J connectivity index is 1.52. The van der Waals surface area contributed by atoms with Crippen LogP contribution in [0.2, 0.25) is 0 Å².